The fourth-order valence-electron chi connectivity index (χ4n) is 5.65. The zero-order valence-electron chi connectivity index (χ0n) is 28.4. The molecule has 5 N–H and O–H groups in total. The van der Waals surface area contributed by atoms with Crippen molar-refractivity contribution in [3.05, 3.63) is 12.2 Å². The molecule has 2 aliphatic rings. The molecule has 2 fully saturated rings. The Morgan fingerprint density at radius 2 is 1.44 bits per heavy atom. The molecule has 0 aromatic heterocycles. The number of unbranched alkanes of at least 4 members (excludes halogenated alkanes) is 10. The lowest BCUT2D eigenvalue weighted by atomic mass is 9.91. The van der Waals surface area contributed by atoms with Crippen molar-refractivity contribution in [1.29, 1.82) is 0 Å². The monoisotopic (exact) mass is 614 g/mol. The van der Waals surface area contributed by atoms with Gasteiger partial charge in [-0.15, -0.1) is 0 Å². The summed E-state index contributed by atoms with van der Waals surface area (Å²) in [6.07, 6.45) is 19.1. The number of allylic oxidation sites excluding steroid dienone is 1. The first-order chi connectivity index (χ1) is 20.9. The van der Waals surface area contributed by atoms with Gasteiger partial charge in [-0.2, -0.15) is 0 Å². The summed E-state index contributed by atoms with van der Waals surface area (Å²) in [5, 5.41) is 2.92. The van der Waals surface area contributed by atoms with Gasteiger partial charge >= 0.3 is 0 Å². The van der Waals surface area contributed by atoms with Crippen LogP contribution < -0.4 is 16.8 Å². The Bertz CT molecular complexity index is 712. The third-order valence-electron chi connectivity index (χ3n) is 8.42. The van der Waals surface area contributed by atoms with E-state index in [1.54, 1.807) is 14.2 Å². The van der Waals surface area contributed by atoms with Gasteiger partial charge in [0.25, 0.3) is 5.91 Å². The van der Waals surface area contributed by atoms with Crippen LogP contribution in [0, 0.1) is 5.92 Å². The third-order valence-corrected chi connectivity index (χ3v) is 8.42. The number of rotatable bonds is 20. The molecule has 2 rings (SSSR count). The molecular formula is C34H67N3O6. The van der Waals surface area contributed by atoms with Crippen LogP contribution in [0.25, 0.3) is 0 Å². The predicted molar refractivity (Wildman–Crippen MR) is 175 cm³/mol. The van der Waals surface area contributed by atoms with Gasteiger partial charge in [-0.3, -0.25) is 4.79 Å². The van der Waals surface area contributed by atoms with Crippen molar-refractivity contribution < 1.29 is 28.5 Å². The molecule has 0 bridgehead atoms. The quantitative estimate of drug-likeness (QED) is 0.125. The van der Waals surface area contributed by atoms with Gasteiger partial charge in [-0.25, -0.2) is 0 Å². The highest BCUT2D eigenvalue weighted by Gasteiger charge is 2.40. The van der Waals surface area contributed by atoms with Crippen LogP contribution in [0.15, 0.2) is 12.2 Å². The molecule has 0 saturated carbocycles. The summed E-state index contributed by atoms with van der Waals surface area (Å²) in [6, 6.07) is -0.569. The van der Waals surface area contributed by atoms with Gasteiger partial charge in [0.15, 0.2) is 6.10 Å². The summed E-state index contributed by atoms with van der Waals surface area (Å²) in [7, 11) is 3.34. The number of carbonyl (C=O) groups excluding carboxylic acids is 1. The highest BCUT2D eigenvalue weighted by Crippen LogP contribution is 2.22. The molecule has 2 heterocycles. The van der Waals surface area contributed by atoms with Gasteiger partial charge < -0.3 is 40.5 Å². The number of hydrogen-bond donors (Lipinski definition) is 3. The number of carbonyl (C=O) groups is 1. The zero-order chi connectivity index (χ0) is 31.9. The largest absolute Gasteiger partial charge is 0.379 e. The molecule has 0 aliphatic carbocycles. The van der Waals surface area contributed by atoms with E-state index in [-0.39, 0.29) is 42.3 Å². The van der Waals surface area contributed by atoms with Crippen molar-refractivity contribution >= 4 is 5.91 Å². The van der Waals surface area contributed by atoms with E-state index >= 15 is 0 Å². The molecule has 9 nitrogen and oxygen atoms in total. The molecule has 0 unspecified atom stereocenters. The lowest BCUT2D eigenvalue weighted by molar-refractivity contribution is -0.154. The number of amides is 1. The molecular weight excluding hydrogens is 546 g/mol. The van der Waals surface area contributed by atoms with Crippen LogP contribution in [0.5, 0.6) is 0 Å². The second kappa shape index (κ2) is 25.2. The number of nitrogens with two attached hydrogens (primary N) is 2. The Balaban J connectivity index is 0.000000434. The van der Waals surface area contributed by atoms with Crippen molar-refractivity contribution in [1.82, 2.24) is 5.32 Å². The maximum Gasteiger partial charge on any atom is 0.250 e. The number of hydrogen-bond acceptors (Lipinski definition) is 8. The van der Waals surface area contributed by atoms with Gasteiger partial charge in [0, 0.05) is 33.3 Å². The molecule has 254 valence electrons. The van der Waals surface area contributed by atoms with Crippen molar-refractivity contribution in [3.63, 3.8) is 0 Å². The van der Waals surface area contributed by atoms with Crippen LogP contribution in [0.1, 0.15) is 111 Å². The van der Waals surface area contributed by atoms with Crippen molar-refractivity contribution in [2.24, 2.45) is 17.4 Å². The molecule has 0 aromatic rings. The van der Waals surface area contributed by atoms with Crippen LogP contribution in [-0.4, -0.2) is 89.1 Å². The predicted octanol–water partition coefficient (Wildman–Crippen LogP) is 5.28. The van der Waals surface area contributed by atoms with Gasteiger partial charge in [0.1, 0.15) is 12.2 Å². The van der Waals surface area contributed by atoms with Crippen molar-refractivity contribution in [2.75, 3.05) is 40.6 Å². The lowest BCUT2D eigenvalue weighted by Gasteiger charge is -2.39. The highest BCUT2D eigenvalue weighted by atomic mass is 16.6. The topological polar surface area (TPSA) is 127 Å². The Hall–Kier alpha value is -1.07. The average Bonchev–Trinajstić information content (AvgIpc) is 3.00. The molecule has 0 aromatic carbocycles. The van der Waals surface area contributed by atoms with E-state index in [4.69, 9.17) is 35.2 Å². The lowest BCUT2D eigenvalue weighted by Crippen LogP contribution is -2.60. The Labute approximate surface area is 263 Å². The van der Waals surface area contributed by atoms with E-state index in [1.165, 1.54) is 51.4 Å². The summed E-state index contributed by atoms with van der Waals surface area (Å²) >= 11 is 0. The average molecular weight is 614 g/mol. The normalized spacial score (nSPS) is 29.3. The molecule has 2 aliphatic heterocycles. The fraction of sp³-hybridized carbons (Fsp3) is 0.912. The summed E-state index contributed by atoms with van der Waals surface area (Å²) < 4.78 is 28.3. The van der Waals surface area contributed by atoms with Crippen LogP contribution in [-0.2, 0) is 28.5 Å². The van der Waals surface area contributed by atoms with E-state index in [0.29, 0.717) is 19.8 Å². The van der Waals surface area contributed by atoms with Crippen LogP contribution >= 0.6 is 0 Å². The fourth-order valence-corrected chi connectivity index (χ4v) is 5.65. The minimum absolute atomic E-state index is 0.0553. The van der Waals surface area contributed by atoms with Crippen molar-refractivity contribution in [3.8, 4) is 0 Å². The number of ether oxygens (including phenoxy) is 5. The zero-order valence-corrected chi connectivity index (χ0v) is 28.4. The van der Waals surface area contributed by atoms with Crippen LogP contribution in [0.4, 0.5) is 0 Å². The standard InChI is InChI=1S/C19H37NO3.C15H30N2O3/c1-4-6-8-9-10-11-12-13-16-18(20)19(21-3)17(15-23-16)22-14-7-5-2;1-4-5-6-7-8-9-17-15(18)14-12(16)13(19-3)11(2)10-20-14/h12-13,16-19H,4-11,14-15,20H2,1-3H3;11-14H,4-10,16H2,1-3H3,(H,17,18)/t16-,17+,18+,19-;11-,12+,13-,14+/m00/s1. The first-order valence-corrected chi connectivity index (χ1v) is 17.2. The van der Waals surface area contributed by atoms with Crippen LogP contribution in [0.3, 0.4) is 0 Å². The van der Waals surface area contributed by atoms with E-state index in [2.05, 4.69) is 38.2 Å². The van der Waals surface area contributed by atoms with E-state index < -0.39 is 12.1 Å². The molecule has 1 amide bonds. The SMILES string of the molecule is CCCCCCCC=C[C@@H]1OC[C@@H](OCCCC)[C@H](OC)[C@@H]1N.CCCCCCCNC(=O)[C@@H]1OC[C@H](C)[C@H](OC)[C@H]1N. The van der Waals surface area contributed by atoms with Gasteiger partial charge in [-0.05, 0) is 25.7 Å². The first kappa shape index (κ1) is 40.0. The number of methoxy groups -OCH3 is 2. The maximum absolute atomic E-state index is 12.1. The van der Waals surface area contributed by atoms with Gasteiger partial charge in [0.05, 0.1) is 37.5 Å². The van der Waals surface area contributed by atoms with E-state index in [0.717, 1.165) is 38.7 Å². The minimum Gasteiger partial charge on any atom is -0.379 e. The summed E-state index contributed by atoms with van der Waals surface area (Å²) in [4.78, 5) is 12.1. The summed E-state index contributed by atoms with van der Waals surface area (Å²) in [6.45, 7) is 11.1. The van der Waals surface area contributed by atoms with Crippen molar-refractivity contribution in [2.45, 2.75) is 154 Å². The molecule has 2 saturated heterocycles. The Morgan fingerprint density at radius 1 is 0.814 bits per heavy atom. The second-order valence-electron chi connectivity index (χ2n) is 12.2. The molecule has 9 heteroatoms. The highest BCUT2D eigenvalue weighted by molar-refractivity contribution is 5.81. The third kappa shape index (κ3) is 15.7. The summed E-state index contributed by atoms with van der Waals surface area (Å²) in [5.41, 5.74) is 12.4. The van der Waals surface area contributed by atoms with Gasteiger partial charge in [0.2, 0.25) is 0 Å². The molecule has 0 spiro atoms. The minimum atomic E-state index is -0.591. The first-order valence-electron chi connectivity index (χ1n) is 17.2. The molecule has 43 heavy (non-hydrogen) atoms. The van der Waals surface area contributed by atoms with E-state index in [1.807, 2.05) is 6.92 Å². The smallest absolute Gasteiger partial charge is 0.250 e. The second-order valence-corrected chi connectivity index (χ2v) is 12.2. The summed E-state index contributed by atoms with van der Waals surface area (Å²) in [5.74, 6) is 0.107. The van der Waals surface area contributed by atoms with Gasteiger partial charge in [-0.1, -0.05) is 97.6 Å². The maximum atomic E-state index is 12.1. The van der Waals surface area contributed by atoms with E-state index in [9.17, 15) is 4.79 Å². The Morgan fingerprint density at radius 3 is 2.07 bits per heavy atom. The van der Waals surface area contributed by atoms with Crippen LogP contribution in [0.2, 0.25) is 0 Å². The number of nitrogens with one attached hydrogen (secondary N) is 1. The molecule has 8 atom stereocenters. The molecule has 0 radical (unpaired) electrons. The Kier molecular flexibility index (Phi) is 23.4.